The van der Waals surface area contributed by atoms with Gasteiger partial charge in [0.05, 0.1) is 19.3 Å². The van der Waals surface area contributed by atoms with Gasteiger partial charge in [0.1, 0.15) is 5.75 Å². The molecule has 1 amide bonds. The van der Waals surface area contributed by atoms with Crippen LogP contribution in [0.2, 0.25) is 0 Å². The van der Waals surface area contributed by atoms with Crippen molar-refractivity contribution in [1.29, 1.82) is 0 Å². The molecule has 6 heteroatoms. The molecule has 102 valence electrons. The van der Waals surface area contributed by atoms with Gasteiger partial charge in [0.25, 0.3) is 0 Å². The summed E-state index contributed by atoms with van der Waals surface area (Å²) in [5.41, 5.74) is 6.04. The largest absolute Gasteiger partial charge is 0.496 e. The predicted molar refractivity (Wildman–Crippen MR) is 71.9 cm³/mol. The molecule has 0 aromatic heterocycles. The highest BCUT2D eigenvalue weighted by atomic mass is 35.5. The molecule has 1 aromatic rings. The van der Waals surface area contributed by atoms with E-state index in [2.05, 4.69) is 5.32 Å². The second kappa shape index (κ2) is 7.92. The molecule has 0 bridgehead atoms. The monoisotopic (exact) mass is 274 g/mol. The van der Waals surface area contributed by atoms with Gasteiger partial charge in [-0.1, -0.05) is 18.2 Å². The summed E-state index contributed by atoms with van der Waals surface area (Å²) in [6, 6.07) is 6.54. The number of nitrogens with two attached hydrogens (primary N) is 1. The van der Waals surface area contributed by atoms with Gasteiger partial charge in [0.2, 0.25) is 5.91 Å². The number of rotatable bonds is 5. The first-order chi connectivity index (χ1) is 8.06. The number of para-hydroxylation sites is 1. The molecule has 0 spiro atoms. The van der Waals surface area contributed by atoms with Crippen LogP contribution in [-0.2, 0) is 4.79 Å². The van der Waals surface area contributed by atoms with Crippen LogP contribution in [0.1, 0.15) is 18.6 Å². The van der Waals surface area contributed by atoms with Gasteiger partial charge >= 0.3 is 0 Å². The molecule has 0 aliphatic heterocycles. The molecule has 0 saturated carbocycles. The quantitative estimate of drug-likeness (QED) is 0.735. The Hall–Kier alpha value is -1.30. The lowest BCUT2D eigenvalue weighted by Crippen LogP contribution is -2.40. The number of hydrogen-bond acceptors (Lipinski definition) is 4. The van der Waals surface area contributed by atoms with E-state index >= 15 is 0 Å². The Bertz CT molecular complexity index is 385. The molecule has 0 heterocycles. The minimum atomic E-state index is -0.811. The molecule has 1 unspecified atom stereocenters. The number of hydrogen-bond donors (Lipinski definition) is 3. The van der Waals surface area contributed by atoms with Crippen LogP contribution in [0.3, 0.4) is 0 Å². The molecule has 5 nitrogen and oxygen atoms in total. The van der Waals surface area contributed by atoms with Crippen molar-refractivity contribution in [1.82, 2.24) is 5.32 Å². The summed E-state index contributed by atoms with van der Waals surface area (Å²) in [7, 11) is 1.53. The van der Waals surface area contributed by atoms with Crippen LogP contribution < -0.4 is 15.8 Å². The smallest absolute Gasteiger partial charge is 0.236 e. The molecule has 0 saturated heterocycles. The number of carbonyl (C=O) groups excluding carboxylic acids is 1. The maximum atomic E-state index is 11.3. The number of amides is 1. The second-order valence-corrected chi connectivity index (χ2v) is 3.79. The summed E-state index contributed by atoms with van der Waals surface area (Å²) in [4.78, 5) is 11.3. The van der Waals surface area contributed by atoms with E-state index in [4.69, 9.17) is 10.5 Å². The molecule has 0 fully saturated rings. The maximum Gasteiger partial charge on any atom is 0.236 e. The number of nitrogens with one attached hydrogen (secondary N) is 1. The third-order valence-electron chi connectivity index (χ3n) is 2.38. The van der Waals surface area contributed by atoms with Gasteiger partial charge < -0.3 is 20.9 Å². The lowest BCUT2D eigenvalue weighted by atomic mass is 10.1. The molecule has 0 aliphatic rings. The molecule has 0 radical (unpaired) electrons. The lowest BCUT2D eigenvalue weighted by Gasteiger charge is -2.16. The van der Waals surface area contributed by atoms with E-state index < -0.39 is 12.1 Å². The zero-order valence-corrected chi connectivity index (χ0v) is 11.2. The molecule has 1 rings (SSSR count). The summed E-state index contributed by atoms with van der Waals surface area (Å²) in [6.45, 7) is 1.70. The van der Waals surface area contributed by atoms with Gasteiger partial charge in [-0.05, 0) is 13.0 Å². The highest BCUT2D eigenvalue weighted by molar-refractivity contribution is 5.85. The fourth-order valence-electron chi connectivity index (χ4n) is 1.41. The van der Waals surface area contributed by atoms with Gasteiger partial charge in [0, 0.05) is 12.1 Å². The Morgan fingerprint density at radius 2 is 2.11 bits per heavy atom. The topological polar surface area (TPSA) is 84.6 Å². The van der Waals surface area contributed by atoms with E-state index in [1.807, 2.05) is 6.07 Å². The first-order valence-corrected chi connectivity index (χ1v) is 5.40. The van der Waals surface area contributed by atoms with Gasteiger partial charge in [0.15, 0.2) is 0 Å². The maximum absolute atomic E-state index is 11.3. The number of aliphatic hydroxyl groups excluding tert-OH is 1. The Kier molecular flexibility index (Phi) is 7.35. The van der Waals surface area contributed by atoms with E-state index in [1.165, 1.54) is 7.11 Å². The van der Waals surface area contributed by atoms with E-state index in [0.29, 0.717) is 11.3 Å². The highest BCUT2D eigenvalue weighted by Gasteiger charge is 2.14. The van der Waals surface area contributed by atoms with Crippen LogP contribution in [0.5, 0.6) is 5.75 Å². The van der Waals surface area contributed by atoms with Crippen molar-refractivity contribution in [2.75, 3.05) is 13.7 Å². The molecule has 0 aliphatic carbocycles. The summed E-state index contributed by atoms with van der Waals surface area (Å²) < 4.78 is 5.12. The SMILES string of the molecule is COc1ccccc1C(O)CNC(=O)[C@H](C)N.Cl. The summed E-state index contributed by atoms with van der Waals surface area (Å²) in [5.74, 6) is 0.300. The van der Waals surface area contributed by atoms with Crippen LogP contribution >= 0.6 is 12.4 Å². The van der Waals surface area contributed by atoms with Crippen LogP contribution in [-0.4, -0.2) is 30.7 Å². The van der Waals surface area contributed by atoms with Crippen molar-refractivity contribution >= 4 is 18.3 Å². The van der Waals surface area contributed by atoms with Crippen molar-refractivity contribution in [3.05, 3.63) is 29.8 Å². The molecule has 18 heavy (non-hydrogen) atoms. The average Bonchev–Trinajstić information content (AvgIpc) is 2.35. The first kappa shape index (κ1) is 16.7. The summed E-state index contributed by atoms with van der Waals surface area (Å²) in [6.07, 6.45) is -0.811. The molecule has 2 atom stereocenters. The zero-order valence-electron chi connectivity index (χ0n) is 10.4. The third-order valence-corrected chi connectivity index (χ3v) is 2.38. The van der Waals surface area contributed by atoms with Gasteiger partial charge in [-0.2, -0.15) is 0 Å². The number of methoxy groups -OCH3 is 1. The number of benzene rings is 1. The van der Waals surface area contributed by atoms with Crippen molar-refractivity contribution < 1.29 is 14.6 Å². The van der Waals surface area contributed by atoms with Gasteiger partial charge in [-0.15, -0.1) is 12.4 Å². The Morgan fingerprint density at radius 3 is 2.67 bits per heavy atom. The van der Waals surface area contributed by atoms with Gasteiger partial charge in [-0.3, -0.25) is 4.79 Å². The van der Waals surface area contributed by atoms with Crippen LogP contribution in [0.15, 0.2) is 24.3 Å². The van der Waals surface area contributed by atoms with E-state index in [1.54, 1.807) is 25.1 Å². The normalized spacial score (nSPS) is 13.1. The van der Waals surface area contributed by atoms with Crippen molar-refractivity contribution in [3.8, 4) is 5.75 Å². The van der Waals surface area contributed by atoms with Gasteiger partial charge in [-0.25, -0.2) is 0 Å². The van der Waals surface area contributed by atoms with Crippen molar-refractivity contribution in [2.24, 2.45) is 5.73 Å². The van der Waals surface area contributed by atoms with Crippen molar-refractivity contribution in [3.63, 3.8) is 0 Å². The fourth-order valence-corrected chi connectivity index (χ4v) is 1.41. The molecular weight excluding hydrogens is 256 g/mol. The standard InChI is InChI=1S/C12H18N2O3.ClH/c1-8(13)12(16)14-7-10(15)9-5-3-4-6-11(9)17-2;/h3-6,8,10,15H,7,13H2,1-2H3,(H,14,16);1H/t8-,10?;/m0./s1. The Balaban J connectivity index is 0.00000289. The zero-order chi connectivity index (χ0) is 12.8. The molecule has 4 N–H and O–H groups in total. The van der Waals surface area contributed by atoms with Crippen LogP contribution in [0.4, 0.5) is 0 Å². The highest BCUT2D eigenvalue weighted by Crippen LogP contribution is 2.23. The third kappa shape index (κ3) is 4.52. The second-order valence-electron chi connectivity index (χ2n) is 3.79. The molecule has 1 aromatic carbocycles. The summed E-state index contributed by atoms with van der Waals surface area (Å²) >= 11 is 0. The Labute approximate surface area is 113 Å². The van der Waals surface area contributed by atoms with Crippen LogP contribution in [0, 0.1) is 0 Å². The average molecular weight is 275 g/mol. The lowest BCUT2D eigenvalue weighted by molar-refractivity contribution is -0.122. The Morgan fingerprint density at radius 1 is 1.50 bits per heavy atom. The first-order valence-electron chi connectivity index (χ1n) is 5.40. The van der Waals surface area contributed by atoms with E-state index in [0.717, 1.165) is 0 Å². The predicted octanol–water partition coefficient (Wildman–Crippen LogP) is 0.614. The number of halogens is 1. The number of aliphatic hydroxyl groups is 1. The minimum Gasteiger partial charge on any atom is -0.496 e. The fraction of sp³-hybridized carbons (Fsp3) is 0.417. The molecular formula is C12H19ClN2O3. The summed E-state index contributed by atoms with van der Waals surface area (Å²) in [5, 5.41) is 12.5. The van der Waals surface area contributed by atoms with E-state index in [-0.39, 0.29) is 24.9 Å². The van der Waals surface area contributed by atoms with E-state index in [9.17, 15) is 9.90 Å². The van der Waals surface area contributed by atoms with Crippen LogP contribution in [0.25, 0.3) is 0 Å². The number of carbonyl (C=O) groups is 1. The number of ether oxygens (including phenoxy) is 1. The van der Waals surface area contributed by atoms with Crippen molar-refractivity contribution in [2.45, 2.75) is 19.1 Å². The minimum absolute atomic E-state index is 0.